The van der Waals surface area contributed by atoms with E-state index in [9.17, 15) is 4.79 Å². The highest BCUT2D eigenvalue weighted by Crippen LogP contribution is 2.67. The Bertz CT molecular complexity index is 628. The molecule has 0 aromatic heterocycles. The van der Waals surface area contributed by atoms with Crippen molar-refractivity contribution in [1.82, 2.24) is 0 Å². The van der Waals surface area contributed by atoms with Gasteiger partial charge in [-0.15, -0.1) is 0 Å². The number of rotatable bonds is 2. The van der Waals surface area contributed by atoms with Crippen LogP contribution in [0.25, 0.3) is 6.08 Å². The molecule has 1 saturated carbocycles. The summed E-state index contributed by atoms with van der Waals surface area (Å²) in [7, 11) is 1.48. The zero-order chi connectivity index (χ0) is 14.5. The average molecular weight is 268 g/mol. The molecule has 2 aliphatic carbocycles. The molecule has 0 radical (unpaired) electrons. The highest BCUT2D eigenvalue weighted by molar-refractivity contribution is 5.91. The van der Waals surface area contributed by atoms with Crippen LogP contribution in [0.2, 0.25) is 0 Å². The zero-order valence-corrected chi connectivity index (χ0v) is 12.3. The van der Waals surface area contributed by atoms with Crippen molar-refractivity contribution in [3.05, 3.63) is 53.6 Å². The number of carbonyl (C=O) groups is 1. The molecule has 0 saturated heterocycles. The fourth-order valence-corrected chi connectivity index (χ4v) is 4.12. The minimum atomic E-state index is -0.612. The van der Waals surface area contributed by atoms with E-state index in [2.05, 4.69) is 37.8 Å². The normalized spacial score (nSPS) is 33.6. The fraction of sp³-hybridized carbons (Fsp3) is 0.389. The van der Waals surface area contributed by atoms with Crippen LogP contribution in [0.1, 0.15) is 31.4 Å². The van der Waals surface area contributed by atoms with Gasteiger partial charge in [0.15, 0.2) is 0 Å². The van der Waals surface area contributed by atoms with Crippen LogP contribution < -0.4 is 0 Å². The molecule has 1 fully saturated rings. The Morgan fingerprint density at radius 1 is 1.40 bits per heavy atom. The third kappa shape index (κ3) is 1.27. The number of carbonyl (C=O) groups excluding carboxylic acids is 1. The number of ether oxygens (including phenoxy) is 1. The van der Waals surface area contributed by atoms with Crippen molar-refractivity contribution in [1.29, 1.82) is 0 Å². The third-order valence-electron chi connectivity index (χ3n) is 5.40. The van der Waals surface area contributed by atoms with E-state index < -0.39 is 5.41 Å². The Kier molecular flexibility index (Phi) is 2.69. The molecular weight excluding hydrogens is 248 g/mol. The standard InChI is InChI=1S/C18H20O2/c1-12(2)17(3)11-14-10-9-13-7-5-6-8-15(13)18(14,17)16(19)20-4/h5-10,14H,1,11H2,2-4H3/t14?,17-,18-/m0/s1. The van der Waals surface area contributed by atoms with E-state index in [1.54, 1.807) is 0 Å². The number of allylic oxidation sites excluding steroid dienone is 2. The van der Waals surface area contributed by atoms with Crippen LogP contribution in [-0.4, -0.2) is 13.1 Å². The highest BCUT2D eigenvalue weighted by Gasteiger charge is 2.69. The summed E-state index contributed by atoms with van der Waals surface area (Å²) in [4.78, 5) is 12.7. The van der Waals surface area contributed by atoms with E-state index in [1.807, 2.05) is 19.1 Å². The quantitative estimate of drug-likeness (QED) is 0.603. The van der Waals surface area contributed by atoms with Crippen molar-refractivity contribution in [2.24, 2.45) is 11.3 Å². The van der Waals surface area contributed by atoms with Gasteiger partial charge in [-0.3, -0.25) is 4.79 Å². The molecule has 1 aromatic carbocycles. The van der Waals surface area contributed by atoms with Gasteiger partial charge in [0.25, 0.3) is 0 Å². The number of hydrogen-bond donors (Lipinski definition) is 0. The molecule has 104 valence electrons. The fourth-order valence-electron chi connectivity index (χ4n) is 4.12. The number of methoxy groups -OCH3 is 1. The van der Waals surface area contributed by atoms with Gasteiger partial charge in [0.2, 0.25) is 0 Å². The van der Waals surface area contributed by atoms with Gasteiger partial charge in [-0.25, -0.2) is 0 Å². The minimum absolute atomic E-state index is 0.143. The van der Waals surface area contributed by atoms with Crippen molar-refractivity contribution >= 4 is 12.0 Å². The van der Waals surface area contributed by atoms with Gasteiger partial charge in [0, 0.05) is 5.41 Å². The van der Waals surface area contributed by atoms with Gasteiger partial charge in [-0.2, -0.15) is 0 Å². The SMILES string of the molecule is C=C(C)[C@]1(C)CC2C=Cc3ccccc3[C@]21C(=O)OC. The molecule has 0 bridgehead atoms. The lowest BCUT2D eigenvalue weighted by Crippen LogP contribution is -2.65. The first kappa shape index (κ1) is 13.2. The minimum Gasteiger partial charge on any atom is -0.468 e. The maximum Gasteiger partial charge on any atom is 0.317 e. The van der Waals surface area contributed by atoms with Gasteiger partial charge < -0.3 is 4.74 Å². The lowest BCUT2D eigenvalue weighted by atomic mass is 9.39. The Labute approximate surface area is 120 Å². The van der Waals surface area contributed by atoms with Gasteiger partial charge >= 0.3 is 5.97 Å². The highest BCUT2D eigenvalue weighted by atomic mass is 16.5. The second-order valence-corrected chi connectivity index (χ2v) is 6.17. The van der Waals surface area contributed by atoms with Crippen molar-refractivity contribution in [3.63, 3.8) is 0 Å². The molecule has 1 unspecified atom stereocenters. The maximum absolute atomic E-state index is 12.7. The van der Waals surface area contributed by atoms with E-state index >= 15 is 0 Å². The summed E-state index contributed by atoms with van der Waals surface area (Å²) in [6, 6.07) is 8.12. The summed E-state index contributed by atoms with van der Waals surface area (Å²) in [5.74, 6) is 0.0580. The Balaban J connectivity index is 2.30. The molecule has 1 aromatic rings. The first-order valence-corrected chi connectivity index (χ1v) is 7.00. The molecule has 2 nitrogen and oxygen atoms in total. The number of esters is 1. The van der Waals surface area contributed by atoms with Crippen LogP contribution in [0.4, 0.5) is 0 Å². The van der Waals surface area contributed by atoms with E-state index in [1.165, 1.54) is 7.11 Å². The molecule has 0 spiro atoms. The topological polar surface area (TPSA) is 26.3 Å². The predicted molar refractivity (Wildman–Crippen MR) is 80.2 cm³/mol. The number of benzene rings is 1. The predicted octanol–water partition coefficient (Wildman–Crippen LogP) is 3.73. The van der Waals surface area contributed by atoms with Gasteiger partial charge in [-0.05, 0) is 30.4 Å². The summed E-state index contributed by atoms with van der Waals surface area (Å²) < 4.78 is 5.20. The number of fused-ring (bicyclic) bond motifs is 3. The van der Waals surface area contributed by atoms with Gasteiger partial charge in [-0.1, -0.05) is 55.5 Å². The molecular formula is C18H20O2. The Morgan fingerprint density at radius 3 is 2.75 bits per heavy atom. The monoisotopic (exact) mass is 268 g/mol. The second-order valence-electron chi connectivity index (χ2n) is 6.17. The van der Waals surface area contributed by atoms with Crippen molar-refractivity contribution in [2.45, 2.75) is 25.7 Å². The van der Waals surface area contributed by atoms with Crippen LogP contribution in [0.5, 0.6) is 0 Å². The molecule has 0 N–H and O–H groups in total. The smallest absolute Gasteiger partial charge is 0.317 e. The molecule has 0 aliphatic heterocycles. The molecule has 2 heteroatoms. The lowest BCUT2D eigenvalue weighted by molar-refractivity contribution is -0.165. The average Bonchev–Trinajstić information content (AvgIpc) is 2.44. The molecule has 3 atom stereocenters. The maximum atomic E-state index is 12.7. The molecule has 2 aliphatic rings. The van der Waals surface area contributed by atoms with Crippen LogP contribution in [-0.2, 0) is 14.9 Å². The van der Waals surface area contributed by atoms with Crippen LogP contribution in [0.3, 0.4) is 0 Å². The summed E-state index contributed by atoms with van der Waals surface area (Å²) in [5.41, 5.74) is 2.38. The summed E-state index contributed by atoms with van der Waals surface area (Å²) in [5, 5.41) is 0. The van der Waals surface area contributed by atoms with E-state index in [0.29, 0.717) is 0 Å². The van der Waals surface area contributed by atoms with Crippen LogP contribution in [0.15, 0.2) is 42.5 Å². The first-order valence-electron chi connectivity index (χ1n) is 7.00. The third-order valence-corrected chi connectivity index (χ3v) is 5.40. The molecule has 20 heavy (non-hydrogen) atoms. The Hall–Kier alpha value is -1.83. The van der Waals surface area contributed by atoms with E-state index in [0.717, 1.165) is 23.1 Å². The van der Waals surface area contributed by atoms with Crippen LogP contribution >= 0.6 is 0 Å². The molecule has 0 amide bonds. The zero-order valence-electron chi connectivity index (χ0n) is 12.3. The van der Waals surface area contributed by atoms with Crippen molar-refractivity contribution in [3.8, 4) is 0 Å². The summed E-state index contributed by atoms with van der Waals surface area (Å²) >= 11 is 0. The van der Waals surface area contributed by atoms with Crippen LogP contribution in [0, 0.1) is 11.3 Å². The van der Waals surface area contributed by atoms with E-state index in [-0.39, 0.29) is 17.3 Å². The molecule has 3 rings (SSSR count). The summed E-state index contributed by atoms with van der Waals surface area (Å²) in [6.07, 6.45) is 5.23. The largest absolute Gasteiger partial charge is 0.468 e. The molecule has 0 heterocycles. The number of hydrogen-bond acceptors (Lipinski definition) is 2. The first-order chi connectivity index (χ1) is 9.48. The van der Waals surface area contributed by atoms with E-state index in [4.69, 9.17) is 4.74 Å². The van der Waals surface area contributed by atoms with Gasteiger partial charge in [0.05, 0.1) is 7.11 Å². The van der Waals surface area contributed by atoms with Crippen molar-refractivity contribution in [2.75, 3.05) is 7.11 Å². The van der Waals surface area contributed by atoms with Crippen molar-refractivity contribution < 1.29 is 9.53 Å². The second kappa shape index (κ2) is 4.08. The summed E-state index contributed by atoms with van der Waals surface area (Å²) in [6.45, 7) is 8.30. The van der Waals surface area contributed by atoms with Gasteiger partial charge in [0.1, 0.15) is 5.41 Å². The Morgan fingerprint density at radius 2 is 2.10 bits per heavy atom. The lowest BCUT2D eigenvalue weighted by Gasteiger charge is -2.62.